The van der Waals surface area contributed by atoms with Gasteiger partial charge in [0.05, 0.1) is 11.6 Å². The second-order valence-corrected chi connectivity index (χ2v) is 7.58. The molecule has 0 aliphatic carbocycles. The Morgan fingerprint density at radius 2 is 1.83 bits per heavy atom. The maximum atomic E-state index is 13.0. The van der Waals surface area contributed by atoms with E-state index in [2.05, 4.69) is 18.8 Å². The van der Waals surface area contributed by atoms with Crippen LogP contribution in [0.25, 0.3) is 0 Å². The smallest absolute Gasteiger partial charge is 0.221 e. The molecule has 0 N–H and O–H groups in total. The zero-order valence-electron chi connectivity index (χ0n) is 13.7. The van der Waals surface area contributed by atoms with Crippen LogP contribution >= 0.6 is 0 Å². The summed E-state index contributed by atoms with van der Waals surface area (Å²) in [6.45, 7) is 6.89. The normalized spacial score (nSPS) is 18.7. The summed E-state index contributed by atoms with van der Waals surface area (Å²) in [6.07, 6.45) is 0. The molecule has 0 amide bonds. The lowest BCUT2D eigenvalue weighted by molar-refractivity contribution is 0.291. The van der Waals surface area contributed by atoms with Crippen molar-refractivity contribution in [2.75, 3.05) is 6.61 Å². The van der Waals surface area contributed by atoms with E-state index in [9.17, 15) is 4.55 Å². The van der Waals surface area contributed by atoms with Crippen LogP contribution in [0.5, 0.6) is 0 Å². The topological polar surface area (TPSA) is 44.7 Å². The minimum Gasteiger partial charge on any atom is -0.606 e. The lowest BCUT2D eigenvalue weighted by atomic mass is 10.1. The van der Waals surface area contributed by atoms with Crippen LogP contribution in [-0.4, -0.2) is 23.1 Å². The molecule has 0 aromatic heterocycles. The van der Waals surface area contributed by atoms with E-state index in [0.717, 1.165) is 20.9 Å². The van der Waals surface area contributed by atoms with Crippen LogP contribution in [0.15, 0.2) is 63.3 Å². The Hall–Kier alpha value is -1.78. The summed E-state index contributed by atoms with van der Waals surface area (Å²) < 4.78 is 18.7. The first-order chi connectivity index (χ1) is 11.1. The van der Waals surface area contributed by atoms with Crippen molar-refractivity contribution in [2.24, 2.45) is 10.9 Å². The molecule has 120 valence electrons. The molecule has 3 nitrogen and oxygen atoms in total. The average Bonchev–Trinajstić information content (AvgIpc) is 3.05. The second kappa shape index (κ2) is 6.77. The Morgan fingerprint density at radius 3 is 2.48 bits per heavy atom. The quantitative estimate of drug-likeness (QED) is 0.798. The Balaban J connectivity index is 1.95. The lowest BCUT2D eigenvalue weighted by Gasteiger charge is -2.13. The highest BCUT2D eigenvalue weighted by atomic mass is 32.2. The van der Waals surface area contributed by atoms with Crippen LogP contribution in [0.3, 0.4) is 0 Å². The van der Waals surface area contributed by atoms with Gasteiger partial charge in [-0.15, -0.1) is 0 Å². The Labute approximate surface area is 140 Å². The third kappa shape index (κ3) is 3.43. The molecule has 2 aromatic rings. The van der Waals surface area contributed by atoms with E-state index in [-0.39, 0.29) is 6.04 Å². The van der Waals surface area contributed by atoms with Crippen molar-refractivity contribution in [1.82, 2.24) is 0 Å². The third-order valence-electron chi connectivity index (χ3n) is 4.00. The minimum atomic E-state index is -1.25. The number of hydrogen-bond acceptors (Lipinski definition) is 3. The van der Waals surface area contributed by atoms with Gasteiger partial charge in [-0.1, -0.05) is 43.7 Å². The average molecular weight is 327 g/mol. The van der Waals surface area contributed by atoms with Crippen LogP contribution in [0.1, 0.15) is 25.0 Å². The maximum absolute atomic E-state index is 13.0. The summed E-state index contributed by atoms with van der Waals surface area (Å²) in [5.74, 6) is 1.04. The van der Waals surface area contributed by atoms with Gasteiger partial charge in [-0.05, 0) is 37.1 Å². The largest absolute Gasteiger partial charge is 0.606 e. The van der Waals surface area contributed by atoms with Gasteiger partial charge in [0, 0.05) is 11.2 Å². The van der Waals surface area contributed by atoms with Crippen molar-refractivity contribution in [3.63, 3.8) is 0 Å². The van der Waals surface area contributed by atoms with Gasteiger partial charge in [-0.3, -0.25) is 0 Å². The summed E-state index contributed by atoms with van der Waals surface area (Å²) in [7, 11) is 0. The van der Waals surface area contributed by atoms with E-state index in [1.165, 1.54) is 0 Å². The van der Waals surface area contributed by atoms with Crippen molar-refractivity contribution < 1.29 is 9.29 Å². The van der Waals surface area contributed by atoms with Crippen molar-refractivity contribution in [2.45, 2.75) is 36.6 Å². The number of nitrogens with zero attached hydrogens (tertiary/aromatic N) is 1. The SMILES string of the molecule is Cc1ccc([S@+]([O-])c2ccccc2C2=N[C@@H](C(C)C)CO2)cc1. The standard InChI is InChI=1S/C19H21NO2S/c1-13(2)17-12-22-19(20-17)16-6-4-5-7-18(16)23(21)15-10-8-14(3)9-11-15/h4-11,13,17H,12H2,1-3H3/t17-,23+/m1/s1. The molecule has 1 aliphatic rings. The van der Waals surface area contributed by atoms with Crippen molar-refractivity contribution in [3.05, 3.63) is 59.7 Å². The molecule has 0 radical (unpaired) electrons. The van der Waals surface area contributed by atoms with Crippen molar-refractivity contribution in [3.8, 4) is 0 Å². The molecule has 0 saturated heterocycles. The number of hydrogen-bond donors (Lipinski definition) is 0. The Kier molecular flexibility index (Phi) is 4.74. The minimum absolute atomic E-state index is 0.172. The van der Waals surface area contributed by atoms with Gasteiger partial charge in [0.25, 0.3) is 0 Å². The first kappa shape index (κ1) is 16.1. The van der Waals surface area contributed by atoms with Crippen LogP contribution in [0.4, 0.5) is 0 Å². The molecule has 0 bridgehead atoms. The number of aliphatic imine (C=N–C) groups is 1. The van der Waals surface area contributed by atoms with E-state index in [4.69, 9.17) is 4.74 Å². The van der Waals surface area contributed by atoms with Gasteiger partial charge < -0.3 is 9.29 Å². The zero-order valence-corrected chi connectivity index (χ0v) is 14.5. The summed E-state index contributed by atoms with van der Waals surface area (Å²) in [5.41, 5.74) is 1.98. The van der Waals surface area contributed by atoms with Crippen LogP contribution in [0, 0.1) is 12.8 Å². The molecule has 0 spiro atoms. The zero-order chi connectivity index (χ0) is 16.4. The van der Waals surface area contributed by atoms with Crippen LogP contribution < -0.4 is 0 Å². The van der Waals surface area contributed by atoms with Gasteiger partial charge >= 0.3 is 0 Å². The molecule has 3 rings (SSSR count). The fraction of sp³-hybridized carbons (Fsp3) is 0.316. The number of ether oxygens (including phenoxy) is 1. The van der Waals surface area contributed by atoms with Gasteiger partial charge in [0.1, 0.15) is 6.61 Å². The lowest BCUT2D eigenvalue weighted by Crippen LogP contribution is -2.13. The predicted octanol–water partition coefficient (Wildman–Crippen LogP) is 3.96. The fourth-order valence-electron chi connectivity index (χ4n) is 2.47. The predicted molar refractivity (Wildman–Crippen MR) is 93.4 cm³/mol. The number of aryl methyl sites for hydroxylation is 1. The number of rotatable bonds is 4. The van der Waals surface area contributed by atoms with E-state index in [1.807, 2.05) is 55.5 Å². The van der Waals surface area contributed by atoms with Crippen LogP contribution in [0.2, 0.25) is 0 Å². The van der Waals surface area contributed by atoms with E-state index in [0.29, 0.717) is 18.4 Å². The molecular weight excluding hydrogens is 306 g/mol. The highest BCUT2D eigenvalue weighted by molar-refractivity contribution is 7.91. The molecule has 2 aromatic carbocycles. The molecule has 0 unspecified atom stereocenters. The fourth-order valence-corrected chi connectivity index (χ4v) is 3.67. The first-order valence-corrected chi connectivity index (χ1v) is 8.99. The Bertz CT molecular complexity index is 710. The van der Waals surface area contributed by atoms with Gasteiger partial charge in [0.2, 0.25) is 5.90 Å². The molecule has 4 heteroatoms. The van der Waals surface area contributed by atoms with Crippen LogP contribution in [-0.2, 0) is 15.9 Å². The molecule has 23 heavy (non-hydrogen) atoms. The highest BCUT2D eigenvalue weighted by Crippen LogP contribution is 2.27. The summed E-state index contributed by atoms with van der Waals surface area (Å²) >= 11 is -1.25. The van der Waals surface area contributed by atoms with Gasteiger partial charge in [-0.25, -0.2) is 4.99 Å². The molecule has 1 aliphatic heterocycles. The number of benzene rings is 2. The van der Waals surface area contributed by atoms with Gasteiger partial charge in [0.15, 0.2) is 9.79 Å². The third-order valence-corrected chi connectivity index (χ3v) is 5.45. The maximum Gasteiger partial charge on any atom is 0.221 e. The summed E-state index contributed by atoms with van der Waals surface area (Å²) in [5, 5.41) is 0. The molecule has 1 heterocycles. The first-order valence-electron chi connectivity index (χ1n) is 7.84. The van der Waals surface area contributed by atoms with Crippen molar-refractivity contribution >= 4 is 17.1 Å². The van der Waals surface area contributed by atoms with E-state index in [1.54, 1.807) is 0 Å². The summed E-state index contributed by atoms with van der Waals surface area (Å²) in [6, 6.07) is 15.6. The Morgan fingerprint density at radius 1 is 1.13 bits per heavy atom. The summed E-state index contributed by atoms with van der Waals surface area (Å²) in [4.78, 5) is 6.21. The molecule has 2 atom stereocenters. The van der Waals surface area contributed by atoms with Gasteiger partial charge in [-0.2, -0.15) is 0 Å². The second-order valence-electron chi connectivity index (χ2n) is 6.13. The van der Waals surface area contributed by atoms with E-state index >= 15 is 0 Å². The van der Waals surface area contributed by atoms with E-state index < -0.39 is 11.2 Å². The molecular formula is C19H21NO2S. The monoisotopic (exact) mass is 327 g/mol. The molecule has 0 saturated carbocycles. The van der Waals surface area contributed by atoms with Crippen molar-refractivity contribution in [1.29, 1.82) is 0 Å². The highest BCUT2D eigenvalue weighted by Gasteiger charge is 2.28. The molecule has 0 fully saturated rings.